The van der Waals surface area contributed by atoms with Gasteiger partial charge >= 0.3 is 12.3 Å². The molecule has 0 bridgehead atoms. The number of hydrogen-bond donors (Lipinski definition) is 1. The summed E-state index contributed by atoms with van der Waals surface area (Å²) in [6.45, 7) is 0.195. The van der Waals surface area contributed by atoms with Crippen LogP contribution < -0.4 is 5.73 Å². The van der Waals surface area contributed by atoms with Crippen LogP contribution in [0.25, 0.3) is 0 Å². The van der Waals surface area contributed by atoms with E-state index < -0.39 is 31.1 Å². The molecule has 2 atom stereocenters. The number of benzene rings is 1. The summed E-state index contributed by atoms with van der Waals surface area (Å²) in [5, 5.41) is 0. The van der Waals surface area contributed by atoms with Gasteiger partial charge in [-0.2, -0.15) is 8.78 Å². The Balaban J connectivity index is 2.77. The molecule has 0 aromatic heterocycles. The molecule has 19 heavy (non-hydrogen) atoms. The highest BCUT2D eigenvalue weighted by atomic mass is 79.9. The van der Waals surface area contributed by atoms with Crippen molar-refractivity contribution in [2.75, 3.05) is 6.61 Å². The maximum atomic E-state index is 12.8. The van der Waals surface area contributed by atoms with Crippen molar-refractivity contribution in [2.45, 2.75) is 31.4 Å². The van der Waals surface area contributed by atoms with E-state index in [1.165, 1.54) is 0 Å². The summed E-state index contributed by atoms with van der Waals surface area (Å²) in [7, 11) is 0. The van der Waals surface area contributed by atoms with Crippen LogP contribution in [0, 0.1) is 0 Å². The molecule has 2 N–H and O–H groups in total. The second-order valence-corrected chi connectivity index (χ2v) is 5.12. The molecular weight excluding hydrogens is 330 g/mol. The van der Waals surface area contributed by atoms with Gasteiger partial charge in [-0.15, -0.1) is 0 Å². The van der Waals surface area contributed by atoms with Gasteiger partial charge < -0.3 is 10.5 Å². The van der Waals surface area contributed by atoms with E-state index in [1.54, 1.807) is 31.2 Å². The van der Waals surface area contributed by atoms with Crippen LogP contribution in [-0.4, -0.2) is 25.0 Å². The smallest absolute Gasteiger partial charge is 0.330 e. The Kier molecular flexibility index (Phi) is 5.76. The lowest BCUT2D eigenvalue weighted by Gasteiger charge is -2.24. The SMILES string of the molecule is CC(N)C(OCC(F)(F)C(F)F)c1ccc(Br)cc1. The molecule has 0 radical (unpaired) electrons. The summed E-state index contributed by atoms with van der Waals surface area (Å²) >= 11 is 3.23. The van der Waals surface area contributed by atoms with E-state index in [1.807, 2.05) is 0 Å². The molecule has 0 heterocycles. The Morgan fingerprint density at radius 1 is 1.26 bits per heavy atom. The molecule has 0 fully saturated rings. The van der Waals surface area contributed by atoms with Gasteiger partial charge in [0.05, 0.1) is 6.10 Å². The van der Waals surface area contributed by atoms with E-state index in [0.717, 1.165) is 4.47 Å². The number of ether oxygens (including phenoxy) is 1. The van der Waals surface area contributed by atoms with E-state index >= 15 is 0 Å². The van der Waals surface area contributed by atoms with Crippen molar-refractivity contribution in [1.82, 2.24) is 0 Å². The van der Waals surface area contributed by atoms with E-state index in [0.29, 0.717) is 5.56 Å². The van der Waals surface area contributed by atoms with Crippen LogP contribution in [0.15, 0.2) is 28.7 Å². The van der Waals surface area contributed by atoms with Crippen LogP contribution in [0.5, 0.6) is 0 Å². The fourth-order valence-corrected chi connectivity index (χ4v) is 1.73. The van der Waals surface area contributed by atoms with Gasteiger partial charge in [-0.05, 0) is 24.6 Å². The molecule has 0 aliphatic rings. The van der Waals surface area contributed by atoms with Crippen molar-refractivity contribution in [3.8, 4) is 0 Å². The van der Waals surface area contributed by atoms with Gasteiger partial charge in [0.15, 0.2) is 0 Å². The molecule has 2 unspecified atom stereocenters. The first-order chi connectivity index (χ1) is 8.74. The van der Waals surface area contributed by atoms with Crippen LogP contribution >= 0.6 is 15.9 Å². The van der Waals surface area contributed by atoms with Crippen LogP contribution in [0.3, 0.4) is 0 Å². The molecule has 1 rings (SSSR count). The Labute approximate surface area is 117 Å². The van der Waals surface area contributed by atoms with Crippen molar-refractivity contribution in [3.63, 3.8) is 0 Å². The Bertz CT molecular complexity index is 397. The zero-order chi connectivity index (χ0) is 14.6. The summed E-state index contributed by atoms with van der Waals surface area (Å²) in [6, 6.07) is 6.06. The number of nitrogens with two attached hydrogens (primary N) is 1. The second kappa shape index (κ2) is 6.67. The van der Waals surface area contributed by atoms with Gasteiger partial charge in [0.2, 0.25) is 0 Å². The molecule has 1 aromatic rings. The zero-order valence-corrected chi connectivity index (χ0v) is 11.7. The number of halogens is 5. The molecule has 0 aliphatic carbocycles. The molecule has 0 saturated heterocycles. The molecule has 7 heteroatoms. The lowest BCUT2D eigenvalue weighted by molar-refractivity contribution is -0.178. The third-order valence-electron chi connectivity index (χ3n) is 2.45. The topological polar surface area (TPSA) is 35.2 Å². The van der Waals surface area contributed by atoms with Gasteiger partial charge in [-0.25, -0.2) is 8.78 Å². The third kappa shape index (κ3) is 4.74. The first-order valence-corrected chi connectivity index (χ1v) is 6.32. The second-order valence-electron chi connectivity index (χ2n) is 4.20. The molecule has 0 saturated carbocycles. The lowest BCUT2D eigenvalue weighted by atomic mass is 10.0. The summed E-state index contributed by atoms with van der Waals surface area (Å²) in [5.74, 6) is -4.18. The van der Waals surface area contributed by atoms with Crippen molar-refractivity contribution in [3.05, 3.63) is 34.3 Å². The van der Waals surface area contributed by atoms with Crippen LogP contribution in [-0.2, 0) is 4.74 Å². The number of alkyl halides is 4. The molecule has 108 valence electrons. The monoisotopic (exact) mass is 343 g/mol. The largest absolute Gasteiger partial charge is 0.365 e. The van der Waals surface area contributed by atoms with E-state index in [9.17, 15) is 17.6 Å². The molecule has 0 spiro atoms. The Morgan fingerprint density at radius 3 is 2.21 bits per heavy atom. The Hall–Kier alpha value is -0.660. The number of rotatable bonds is 6. The minimum absolute atomic E-state index is 0.559. The van der Waals surface area contributed by atoms with E-state index in [2.05, 4.69) is 15.9 Å². The van der Waals surface area contributed by atoms with Gasteiger partial charge in [0, 0.05) is 10.5 Å². The van der Waals surface area contributed by atoms with Crippen molar-refractivity contribution in [2.24, 2.45) is 5.73 Å². The first kappa shape index (κ1) is 16.4. The van der Waals surface area contributed by atoms with Gasteiger partial charge in [0.25, 0.3) is 0 Å². The minimum atomic E-state index is -4.18. The Morgan fingerprint density at radius 2 is 1.79 bits per heavy atom. The third-order valence-corrected chi connectivity index (χ3v) is 2.98. The van der Waals surface area contributed by atoms with Gasteiger partial charge in [-0.1, -0.05) is 28.1 Å². The molecule has 0 aliphatic heterocycles. The van der Waals surface area contributed by atoms with Crippen LogP contribution in [0.4, 0.5) is 17.6 Å². The van der Waals surface area contributed by atoms with Crippen LogP contribution in [0.1, 0.15) is 18.6 Å². The molecule has 0 amide bonds. The predicted molar refractivity (Wildman–Crippen MR) is 67.4 cm³/mol. The lowest BCUT2D eigenvalue weighted by Crippen LogP contribution is -2.36. The summed E-state index contributed by atoms with van der Waals surface area (Å²) < 4.78 is 55.4. The molecular formula is C12H14BrF4NO. The van der Waals surface area contributed by atoms with Crippen molar-refractivity contribution in [1.29, 1.82) is 0 Å². The quantitative estimate of drug-likeness (QED) is 0.798. The minimum Gasteiger partial charge on any atom is -0.365 e. The standard InChI is InChI=1S/C12H14BrF4NO/c1-7(18)10(8-2-4-9(13)5-3-8)19-6-12(16,17)11(14)15/h2-5,7,10-11H,6,18H2,1H3. The van der Waals surface area contributed by atoms with Gasteiger partial charge in [0.1, 0.15) is 6.61 Å². The highest BCUT2D eigenvalue weighted by Crippen LogP contribution is 2.28. The fraction of sp³-hybridized carbons (Fsp3) is 0.500. The predicted octanol–water partition coefficient (Wildman–Crippen LogP) is 3.75. The van der Waals surface area contributed by atoms with Gasteiger partial charge in [-0.3, -0.25) is 0 Å². The maximum Gasteiger partial charge on any atom is 0.330 e. The number of hydrogen-bond acceptors (Lipinski definition) is 2. The summed E-state index contributed by atoms with van der Waals surface area (Å²) in [6.07, 6.45) is -4.62. The average molecular weight is 344 g/mol. The summed E-state index contributed by atoms with van der Waals surface area (Å²) in [5.41, 5.74) is 6.20. The average Bonchev–Trinajstić information content (AvgIpc) is 2.31. The highest BCUT2D eigenvalue weighted by molar-refractivity contribution is 9.10. The zero-order valence-electron chi connectivity index (χ0n) is 10.1. The first-order valence-electron chi connectivity index (χ1n) is 5.52. The van der Waals surface area contributed by atoms with Crippen molar-refractivity contribution < 1.29 is 22.3 Å². The fourth-order valence-electron chi connectivity index (χ4n) is 1.47. The molecule has 1 aromatic carbocycles. The highest BCUT2D eigenvalue weighted by Gasteiger charge is 2.42. The maximum absolute atomic E-state index is 12.8. The van der Waals surface area contributed by atoms with Crippen LogP contribution in [0.2, 0.25) is 0 Å². The normalized spacial score (nSPS) is 15.6. The van der Waals surface area contributed by atoms with E-state index in [4.69, 9.17) is 10.5 Å². The summed E-state index contributed by atoms with van der Waals surface area (Å²) in [4.78, 5) is 0. The van der Waals surface area contributed by atoms with E-state index in [-0.39, 0.29) is 0 Å². The molecule has 2 nitrogen and oxygen atoms in total. The van der Waals surface area contributed by atoms with Crippen molar-refractivity contribution >= 4 is 15.9 Å².